The molecule has 0 amide bonds. The van der Waals surface area contributed by atoms with Crippen molar-refractivity contribution in [2.75, 3.05) is 0 Å². The Labute approximate surface area is 50.7 Å². The van der Waals surface area contributed by atoms with Crippen molar-refractivity contribution in [2.24, 2.45) is 5.73 Å². The normalized spacial score (nSPS) is 13.4. The predicted molar refractivity (Wildman–Crippen MR) is 28.5 cm³/mol. The van der Waals surface area contributed by atoms with Crippen molar-refractivity contribution < 1.29 is 13.2 Å². The van der Waals surface area contributed by atoms with Crippen molar-refractivity contribution in [3.63, 3.8) is 0 Å². The van der Waals surface area contributed by atoms with Gasteiger partial charge in [0.05, 0.1) is 0 Å². The van der Waals surface area contributed by atoms with E-state index in [1.165, 1.54) is 0 Å². The Hall–Kier alpha value is -0.930. The van der Waals surface area contributed by atoms with Gasteiger partial charge in [-0.2, -0.15) is 13.2 Å². The third-order valence-corrected chi connectivity index (χ3v) is 0.625. The van der Waals surface area contributed by atoms with Crippen LogP contribution < -0.4 is 5.73 Å². The summed E-state index contributed by atoms with van der Waals surface area (Å²) in [7, 11) is 0. The second kappa shape index (κ2) is 2.57. The monoisotopic (exact) mass is 137 g/mol. The van der Waals surface area contributed by atoms with E-state index in [0.717, 1.165) is 6.08 Å². The molecule has 0 unspecified atom stereocenters. The van der Waals surface area contributed by atoms with E-state index in [4.69, 9.17) is 0 Å². The summed E-state index contributed by atoms with van der Waals surface area (Å²) in [5.74, 6) is 0. The van der Waals surface area contributed by atoms with Gasteiger partial charge in [0.15, 0.2) is 0 Å². The molecule has 0 aromatic heterocycles. The van der Waals surface area contributed by atoms with E-state index in [1.54, 1.807) is 0 Å². The smallest absolute Gasteiger partial charge is 0.395 e. The van der Waals surface area contributed by atoms with Gasteiger partial charge in [-0.1, -0.05) is 12.7 Å². The van der Waals surface area contributed by atoms with Gasteiger partial charge in [0, 0.05) is 0 Å². The SMILES string of the molecule is C=C/C=C(\N)C(F)(F)F. The van der Waals surface area contributed by atoms with Crippen molar-refractivity contribution in [2.45, 2.75) is 6.18 Å². The molecule has 0 rings (SSSR count). The summed E-state index contributed by atoms with van der Waals surface area (Å²) in [5, 5.41) is 0. The van der Waals surface area contributed by atoms with Gasteiger partial charge >= 0.3 is 6.18 Å². The largest absolute Gasteiger partial charge is 0.430 e. The number of halogens is 3. The lowest BCUT2D eigenvalue weighted by atomic mass is 10.4. The third-order valence-electron chi connectivity index (χ3n) is 0.625. The Bertz CT molecular complexity index is 134. The number of hydrogen-bond donors (Lipinski definition) is 1. The number of allylic oxidation sites excluding steroid dienone is 3. The Kier molecular flexibility index (Phi) is 2.30. The van der Waals surface area contributed by atoms with E-state index in [2.05, 4.69) is 12.3 Å². The maximum atomic E-state index is 11.4. The minimum atomic E-state index is -4.42. The molecule has 0 radical (unpaired) electrons. The molecule has 2 N–H and O–H groups in total. The molecule has 9 heavy (non-hydrogen) atoms. The van der Waals surface area contributed by atoms with Crippen molar-refractivity contribution in [3.8, 4) is 0 Å². The molecular weight excluding hydrogens is 131 g/mol. The second-order valence-electron chi connectivity index (χ2n) is 1.36. The molecule has 0 bridgehead atoms. The molecule has 4 heteroatoms. The van der Waals surface area contributed by atoms with Gasteiger partial charge in [0.1, 0.15) is 5.70 Å². The van der Waals surface area contributed by atoms with Crippen LogP contribution in [0.15, 0.2) is 24.4 Å². The molecule has 0 aromatic carbocycles. The first-order valence-electron chi connectivity index (χ1n) is 2.14. The van der Waals surface area contributed by atoms with Gasteiger partial charge in [0.2, 0.25) is 0 Å². The summed E-state index contributed by atoms with van der Waals surface area (Å²) >= 11 is 0. The molecule has 0 aliphatic rings. The molecule has 0 atom stereocenters. The summed E-state index contributed by atoms with van der Waals surface area (Å²) in [6.07, 6.45) is -2.73. The van der Waals surface area contributed by atoms with E-state index < -0.39 is 11.9 Å². The van der Waals surface area contributed by atoms with Crippen LogP contribution in [0.25, 0.3) is 0 Å². The summed E-state index contributed by atoms with van der Waals surface area (Å²) in [5.41, 5.74) is 3.40. The third kappa shape index (κ3) is 2.79. The van der Waals surface area contributed by atoms with Crippen molar-refractivity contribution in [1.82, 2.24) is 0 Å². The maximum absolute atomic E-state index is 11.4. The molecule has 0 aliphatic carbocycles. The highest BCUT2D eigenvalue weighted by Crippen LogP contribution is 2.20. The minimum Gasteiger partial charge on any atom is -0.395 e. The number of rotatable bonds is 1. The van der Waals surface area contributed by atoms with Gasteiger partial charge in [-0.3, -0.25) is 0 Å². The molecule has 0 aromatic rings. The zero-order valence-electron chi connectivity index (χ0n) is 4.57. The maximum Gasteiger partial charge on any atom is 0.430 e. The van der Waals surface area contributed by atoms with Crippen molar-refractivity contribution in [3.05, 3.63) is 24.4 Å². The first-order valence-corrected chi connectivity index (χ1v) is 2.14. The lowest BCUT2D eigenvalue weighted by molar-refractivity contribution is -0.0926. The molecule has 0 saturated heterocycles. The molecule has 0 heterocycles. The second-order valence-corrected chi connectivity index (χ2v) is 1.36. The van der Waals surface area contributed by atoms with Gasteiger partial charge in [-0.15, -0.1) is 0 Å². The van der Waals surface area contributed by atoms with Crippen LogP contribution in [-0.4, -0.2) is 6.18 Å². The van der Waals surface area contributed by atoms with Gasteiger partial charge in [-0.05, 0) is 6.08 Å². The van der Waals surface area contributed by atoms with E-state index in [0.29, 0.717) is 6.08 Å². The number of alkyl halides is 3. The molecular formula is C5H6F3N. The molecule has 0 fully saturated rings. The summed E-state index contributed by atoms with van der Waals surface area (Å²) in [6.45, 7) is 3.06. The number of nitrogens with two attached hydrogens (primary N) is 1. The Morgan fingerprint density at radius 1 is 1.44 bits per heavy atom. The van der Waals surface area contributed by atoms with Gasteiger partial charge < -0.3 is 5.73 Å². The Morgan fingerprint density at radius 3 is 2.00 bits per heavy atom. The average Bonchev–Trinajstić information content (AvgIpc) is 1.64. The van der Waals surface area contributed by atoms with Gasteiger partial charge in [-0.25, -0.2) is 0 Å². The summed E-state index contributed by atoms with van der Waals surface area (Å²) in [6, 6.07) is 0. The quantitative estimate of drug-likeness (QED) is 0.545. The molecule has 1 nitrogen and oxygen atoms in total. The van der Waals surface area contributed by atoms with Crippen LogP contribution in [0.2, 0.25) is 0 Å². The lowest BCUT2D eigenvalue weighted by Crippen LogP contribution is -2.18. The fourth-order valence-corrected chi connectivity index (χ4v) is 0.221. The highest BCUT2D eigenvalue weighted by Gasteiger charge is 2.30. The first kappa shape index (κ1) is 8.07. The van der Waals surface area contributed by atoms with E-state index >= 15 is 0 Å². The van der Waals surface area contributed by atoms with E-state index in [1.807, 2.05) is 0 Å². The van der Waals surface area contributed by atoms with Crippen LogP contribution >= 0.6 is 0 Å². The van der Waals surface area contributed by atoms with Crippen LogP contribution in [-0.2, 0) is 0 Å². The predicted octanol–water partition coefficient (Wildman–Crippen LogP) is 1.58. The Balaban J connectivity index is 4.19. The Morgan fingerprint density at radius 2 is 1.89 bits per heavy atom. The molecule has 0 spiro atoms. The first-order chi connectivity index (χ1) is 3.98. The highest BCUT2D eigenvalue weighted by atomic mass is 19.4. The van der Waals surface area contributed by atoms with Crippen molar-refractivity contribution >= 4 is 0 Å². The van der Waals surface area contributed by atoms with Crippen LogP contribution in [0.4, 0.5) is 13.2 Å². The van der Waals surface area contributed by atoms with Crippen LogP contribution in [0, 0.1) is 0 Å². The average molecular weight is 137 g/mol. The topological polar surface area (TPSA) is 26.0 Å². The van der Waals surface area contributed by atoms with Crippen molar-refractivity contribution in [1.29, 1.82) is 0 Å². The summed E-state index contributed by atoms with van der Waals surface area (Å²) < 4.78 is 34.2. The minimum absolute atomic E-state index is 0.708. The molecule has 0 saturated carbocycles. The fraction of sp³-hybridized carbons (Fsp3) is 0.200. The van der Waals surface area contributed by atoms with E-state index in [9.17, 15) is 13.2 Å². The number of hydrogen-bond acceptors (Lipinski definition) is 1. The van der Waals surface area contributed by atoms with E-state index in [-0.39, 0.29) is 0 Å². The fourth-order valence-electron chi connectivity index (χ4n) is 0.221. The standard InChI is InChI=1S/C5H6F3N/c1-2-3-4(9)5(6,7)8/h2-3H,1,9H2/b4-3-. The highest BCUT2D eigenvalue weighted by molar-refractivity contribution is 5.11. The summed E-state index contributed by atoms with van der Waals surface area (Å²) in [4.78, 5) is 0. The lowest BCUT2D eigenvalue weighted by Gasteiger charge is -2.03. The molecule has 52 valence electrons. The zero-order chi connectivity index (χ0) is 7.49. The zero-order valence-corrected chi connectivity index (χ0v) is 4.57. The van der Waals surface area contributed by atoms with Crippen LogP contribution in [0.3, 0.4) is 0 Å². The van der Waals surface area contributed by atoms with Gasteiger partial charge in [0.25, 0.3) is 0 Å². The van der Waals surface area contributed by atoms with Crippen LogP contribution in [0.1, 0.15) is 0 Å². The molecule has 0 aliphatic heterocycles. The van der Waals surface area contributed by atoms with Crippen LogP contribution in [0.5, 0.6) is 0 Å².